The van der Waals surface area contributed by atoms with Gasteiger partial charge in [-0.1, -0.05) is 152 Å². The van der Waals surface area contributed by atoms with E-state index >= 15 is 0 Å². The van der Waals surface area contributed by atoms with Gasteiger partial charge in [0.1, 0.15) is 0 Å². The molecule has 1 aliphatic rings. The zero-order valence-electron chi connectivity index (χ0n) is 29.0. The van der Waals surface area contributed by atoms with E-state index in [1.54, 1.807) is 0 Å². The molecule has 2 heteroatoms. The van der Waals surface area contributed by atoms with E-state index in [0.717, 1.165) is 17.1 Å². The van der Waals surface area contributed by atoms with Crippen LogP contribution in [0.3, 0.4) is 0 Å². The maximum Gasteiger partial charge on any atom is 0.0491 e. The molecular weight excluding hydrogens is 629 g/mol. The van der Waals surface area contributed by atoms with Gasteiger partial charge in [0.2, 0.25) is 0 Å². The summed E-state index contributed by atoms with van der Waals surface area (Å²) in [5, 5.41) is 5.11. The van der Waals surface area contributed by atoms with Crippen molar-refractivity contribution in [1.82, 2.24) is 4.98 Å². The number of aromatic nitrogens is 1. The molecule has 1 heterocycles. The zero-order chi connectivity index (χ0) is 35.0. The van der Waals surface area contributed by atoms with Gasteiger partial charge in [0.25, 0.3) is 0 Å². The van der Waals surface area contributed by atoms with Crippen molar-refractivity contribution in [2.75, 3.05) is 4.90 Å². The van der Waals surface area contributed by atoms with Crippen LogP contribution in [0.1, 0.15) is 6.92 Å². The van der Waals surface area contributed by atoms with E-state index < -0.39 is 0 Å². The lowest BCUT2D eigenvalue weighted by molar-refractivity contribution is 1.20. The third-order valence-electron chi connectivity index (χ3n) is 10.2. The van der Waals surface area contributed by atoms with Gasteiger partial charge < -0.3 is 4.90 Å². The number of hydrogen-bond donors (Lipinski definition) is 0. The predicted molar refractivity (Wildman–Crippen MR) is 222 cm³/mol. The molecular formula is C50H36N2. The minimum absolute atomic E-state index is 0.871. The highest BCUT2D eigenvalue weighted by Crippen LogP contribution is 2.58. The van der Waals surface area contributed by atoms with E-state index in [1.165, 1.54) is 77.2 Å². The van der Waals surface area contributed by atoms with Gasteiger partial charge in [0, 0.05) is 29.5 Å². The standard InChI is InChI=1S/C50H36N2/c1-3-4-7-15-34(2)52(39-30-32-51-33-31-39)38-26-24-35(25-27-38)40-28-29-45-48-41(40)22-14-23-44(48)49-46(36-16-8-5-9-17-36)42-20-12-13-21-43(42)47(50(45)49)37-18-10-6-11-19-37/h3-33H,2H2,1H3/b4-3-,15-7-. The third-order valence-corrected chi connectivity index (χ3v) is 10.2. The van der Waals surface area contributed by atoms with Crippen molar-refractivity contribution in [2.24, 2.45) is 0 Å². The first-order valence-corrected chi connectivity index (χ1v) is 17.8. The van der Waals surface area contributed by atoms with Crippen LogP contribution >= 0.6 is 0 Å². The molecule has 9 rings (SSSR count). The lowest BCUT2D eigenvalue weighted by atomic mass is 9.82. The van der Waals surface area contributed by atoms with Gasteiger partial charge in [-0.05, 0) is 114 Å². The number of pyridine rings is 1. The number of rotatable bonds is 8. The van der Waals surface area contributed by atoms with E-state index in [9.17, 15) is 0 Å². The van der Waals surface area contributed by atoms with Crippen molar-refractivity contribution in [3.8, 4) is 55.6 Å². The highest BCUT2D eigenvalue weighted by Gasteiger charge is 2.31. The highest BCUT2D eigenvalue weighted by atomic mass is 15.1. The monoisotopic (exact) mass is 664 g/mol. The molecule has 2 nitrogen and oxygen atoms in total. The Hall–Kier alpha value is -6.77. The number of benzene rings is 7. The lowest BCUT2D eigenvalue weighted by Crippen LogP contribution is -2.14. The summed E-state index contributed by atoms with van der Waals surface area (Å²) in [6.07, 6.45) is 11.7. The van der Waals surface area contributed by atoms with Crippen LogP contribution in [0.15, 0.2) is 201 Å². The molecule has 52 heavy (non-hydrogen) atoms. The van der Waals surface area contributed by atoms with Crippen molar-refractivity contribution >= 4 is 32.9 Å². The van der Waals surface area contributed by atoms with Crippen molar-refractivity contribution in [1.29, 1.82) is 0 Å². The molecule has 0 unspecified atom stereocenters. The van der Waals surface area contributed by atoms with Crippen molar-refractivity contribution < 1.29 is 0 Å². The molecule has 1 aromatic heterocycles. The van der Waals surface area contributed by atoms with Crippen molar-refractivity contribution in [3.63, 3.8) is 0 Å². The Balaban J connectivity index is 1.25. The summed E-state index contributed by atoms with van der Waals surface area (Å²) in [7, 11) is 0. The number of hydrogen-bond acceptors (Lipinski definition) is 2. The molecule has 0 saturated carbocycles. The first-order valence-electron chi connectivity index (χ1n) is 17.8. The first kappa shape index (κ1) is 31.2. The Kier molecular flexibility index (Phi) is 7.91. The fourth-order valence-electron chi connectivity index (χ4n) is 7.98. The second-order valence-electron chi connectivity index (χ2n) is 13.1. The van der Waals surface area contributed by atoms with Crippen molar-refractivity contribution in [3.05, 3.63) is 201 Å². The summed E-state index contributed by atoms with van der Waals surface area (Å²) in [5.41, 5.74) is 15.6. The van der Waals surface area contributed by atoms with E-state index in [0.29, 0.717) is 0 Å². The molecule has 0 bridgehead atoms. The van der Waals surface area contributed by atoms with Gasteiger partial charge in [-0.3, -0.25) is 4.98 Å². The SMILES string of the molecule is C=C(/C=C\C=C/C)N(c1ccncc1)c1ccc(-c2ccc3c4c(cccc24)-c2c-3c(-c3ccccc3)c3ccccc3c2-c2ccccc2)cc1. The Morgan fingerprint density at radius 1 is 0.481 bits per heavy atom. The molecule has 246 valence electrons. The topological polar surface area (TPSA) is 16.1 Å². The number of allylic oxidation sites excluding steroid dienone is 4. The molecule has 0 fully saturated rings. The van der Waals surface area contributed by atoms with Crippen LogP contribution in [0.25, 0.3) is 77.2 Å². The van der Waals surface area contributed by atoms with Gasteiger partial charge in [-0.15, -0.1) is 0 Å². The number of anilines is 2. The quantitative estimate of drug-likeness (QED) is 0.150. The number of nitrogens with zero attached hydrogens (tertiary/aromatic N) is 2. The van der Waals surface area contributed by atoms with Gasteiger partial charge >= 0.3 is 0 Å². The summed E-state index contributed by atoms with van der Waals surface area (Å²) in [6.45, 7) is 6.42. The summed E-state index contributed by atoms with van der Waals surface area (Å²) in [4.78, 5) is 6.41. The van der Waals surface area contributed by atoms with Gasteiger partial charge in [0.15, 0.2) is 0 Å². The van der Waals surface area contributed by atoms with Crippen LogP contribution in [0, 0.1) is 0 Å². The van der Waals surface area contributed by atoms with E-state index in [2.05, 4.69) is 156 Å². The fraction of sp³-hybridized carbons (Fsp3) is 0.0200. The van der Waals surface area contributed by atoms with Gasteiger partial charge in [-0.2, -0.15) is 0 Å². The molecule has 0 atom stereocenters. The fourth-order valence-corrected chi connectivity index (χ4v) is 7.98. The van der Waals surface area contributed by atoms with Crippen LogP contribution in [0.5, 0.6) is 0 Å². The summed E-state index contributed by atoms with van der Waals surface area (Å²) >= 11 is 0. The Morgan fingerprint density at radius 2 is 1.02 bits per heavy atom. The average Bonchev–Trinajstić information content (AvgIpc) is 3.53. The maximum atomic E-state index is 4.41. The Labute approximate surface area is 305 Å². The summed E-state index contributed by atoms with van der Waals surface area (Å²) in [6, 6.07) is 55.1. The molecule has 0 saturated heterocycles. The second-order valence-corrected chi connectivity index (χ2v) is 13.1. The van der Waals surface area contributed by atoms with E-state index in [-0.39, 0.29) is 0 Å². The van der Waals surface area contributed by atoms with Crippen LogP contribution < -0.4 is 4.90 Å². The molecule has 0 radical (unpaired) electrons. The van der Waals surface area contributed by atoms with Crippen LogP contribution in [-0.4, -0.2) is 4.98 Å². The molecule has 8 aromatic rings. The van der Waals surface area contributed by atoms with Gasteiger partial charge in [-0.25, -0.2) is 0 Å². The second kappa shape index (κ2) is 13.2. The molecule has 7 aromatic carbocycles. The molecule has 0 amide bonds. The van der Waals surface area contributed by atoms with Crippen LogP contribution in [0.2, 0.25) is 0 Å². The molecule has 0 N–H and O–H groups in total. The lowest BCUT2D eigenvalue weighted by Gasteiger charge is -2.25. The molecule has 0 spiro atoms. The smallest absolute Gasteiger partial charge is 0.0491 e. The predicted octanol–water partition coefficient (Wildman–Crippen LogP) is 13.8. The average molecular weight is 665 g/mol. The zero-order valence-corrected chi connectivity index (χ0v) is 29.0. The van der Waals surface area contributed by atoms with Crippen molar-refractivity contribution in [2.45, 2.75) is 6.92 Å². The molecule has 1 aliphatic carbocycles. The summed E-state index contributed by atoms with van der Waals surface area (Å²) in [5.74, 6) is 0. The normalized spacial score (nSPS) is 11.9. The van der Waals surface area contributed by atoms with E-state index in [4.69, 9.17) is 0 Å². The van der Waals surface area contributed by atoms with Gasteiger partial charge in [0.05, 0.1) is 0 Å². The highest BCUT2D eigenvalue weighted by molar-refractivity contribution is 6.28. The first-order chi connectivity index (χ1) is 25.7. The minimum atomic E-state index is 0.871. The van der Waals surface area contributed by atoms with Crippen LogP contribution in [0.4, 0.5) is 11.4 Å². The summed E-state index contributed by atoms with van der Waals surface area (Å²) < 4.78 is 0. The minimum Gasteiger partial charge on any atom is -0.311 e. The van der Waals surface area contributed by atoms with E-state index in [1.807, 2.05) is 55.8 Å². The largest absolute Gasteiger partial charge is 0.311 e. The molecule has 0 aliphatic heterocycles. The maximum absolute atomic E-state index is 4.41. The Bertz CT molecular complexity index is 2580. The third kappa shape index (κ3) is 5.16. The number of fused-ring (bicyclic) bond motifs is 4. The Morgan fingerprint density at radius 3 is 1.63 bits per heavy atom. The van der Waals surface area contributed by atoms with Crippen LogP contribution in [-0.2, 0) is 0 Å².